The summed E-state index contributed by atoms with van der Waals surface area (Å²) < 4.78 is 23.9. The third-order valence-electron chi connectivity index (χ3n) is 8.77. The van der Waals surface area contributed by atoms with E-state index in [2.05, 4.69) is 10.2 Å². The Kier molecular flexibility index (Phi) is 11.9. The molecule has 2 heterocycles. The minimum Gasteiger partial charge on any atom is -0.459 e. The predicted octanol–water partition coefficient (Wildman–Crippen LogP) is 5.77. The Bertz CT molecular complexity index is 1580. The van der Waals surface area contributed by atoms with Crippen LogP contribution in [0, 0.1) is 0 Å². The first-order chi connectivity index (χ1) is 23.4. The Morgan fingerprint density at radius 1 is 0.980 bits per heavy atom. The highest BCUT2D eigenvalue weighted by atomic mass is 16.7. The standard InChI is InChI=1S/C39H48N2O8/c1-25(46-26(2)43)36(44)40-22-31-9-6-7-10-33(31)28-16-18-30(19-17-28)38-47-32(21-35(48-38)29-14-12-27(24-42)13-15-29)23-41-20-8-11-34(41)37(45)49-39(3,4)5/h6-7,9-10,12-19,25,32,34-35,38,42H,8,11,20-24H2,1-5H3,(H,40,44)/t25-,32-,34-,35+,38+/m0/s1. The number of hydrogen-bond donors (Lipinski definition) is 2. The fourth-order valence-corrected chi connectivity index (χ4v) is 6.38. The van der Waals surface area contributed by atoms with E-state index in [9.17, 15) is 19.5 Å². The molecule has 2 saturated heterocycles. The third-order valence-corrected chi connectivity index (χ3v) is 8.77. The smallest absolute Gasteiger partial charge is 0.323 e. The summed E-state index contributed by atoms with van der Waals surface area (Å²) in [5.41, 5.74) is 4.97. The number of nitrogens with one attached hydrogen (secondary N) is 1. The van der Waals surface area contributed by atoms with E-state index in [4.69, 9.17) is 18.9 Å². The number of carbonyl (C=O) groups excluding carboxylic acids is 3. The molecule has 49 heavy (non-hydrogen) atoms. The van der Waals surface area contributed by atoms with Crippen molar-refractivity contribution in [2.75, 3.05) is 13.1 Å². The molecule has 0 aromatic heterocycles. The molecule has 262 valence electrons. The maximum Gasteiger partial charge on any atom is 0.323 e. The summed E-state index contributed by atoms with van der Waals surface area (Å²) in [4.78, 5) is 39.0. The van der Waals surface area contributed by atoms with Gasteiger partial charge in [-0.3, -0.25) is 19.3 Å². The van der Waals surface area contributed by atoms with Crippen LogP contribution in [0.4, 0.5) is 0 Å². The summed E-state index contributed by atoms with van der Waals surface area (Å²) in [6.45, 7) is 10.1. The Morgan fingerprint density at radius 3 is 2.35 bits per heavy atom. The average Bonchev–Trinajstić information content (AvgIpc) is 3.54. The molecular weight excluding hydrogens is 624 g/mol. The van der Waals surface area contributed by atoms with Crippen molar-refractivity contribution >= 4 is 17.8 Å². The fourth-order valence-electron chi connectivity index (χ4n) is 6.38. The molecule has 2 fully saturated rings. The Hall–Kier alpha value is -4.09. The molecule has 0 radical (unpaired) electrons. The molecule has 1 amide bonds. The van der Waals surface area contributed by atoms with Crippen molar-refractivity contribution in [2.24, 2.45) is 0 Å². The molecular formula is C39H48N2O8. The number of likely N-dealkylation sites (tertiary alicyclic amines) is 1. The van der Waals surface area contributed by atoms with Crippen molar-refractivity contribution in [2.45, 2.75) is 103 Å². The topological polar surface area (TPSA) is 124 Å². The number of rotatable bonds is 11. The minimum absolute atomic E-state index is 0.0313. The summed E-state index contributed by atoms with van der Waals surface area (Å²) in [7, 11) is 0. The largest absolute Gasteiger partial charge is 0.459 e. The lowest BCUT2D eigenvalue weighted by molar-refractivity contribution is -0.253. The fraction of sp³-hybridized carbons (Fsp3) is 0.462. The maximum absolute atomic E-state index is 13.1. The molecule has 0 spiro atoms. The molecule has 5 atom stereocenters. The lowest BCUT2D eigenvalue weighted by atomic mass is 9.97. The molecule has 0 saturated carbocycles. The zero-order valence-electron chi connectivity index (χ0n) is 29.0. The normalized spacial score (nSPS) is 21.9. The second kappa shape index (κ2) is 16.1. The SMILES string of the molecule is CC(=O)O[C@@H](C)C(=O)NCc1ccccc1-c1ccc([C@@H]2O[C@H](CN3CCC[C@H]3C(=O)OC(C)(C)C)C[C@H](c3ccc(CO)cc3)O2)cc1. The maximum atomic E-state index is 13.1. The average molecular weight is 673 g/mol. The highest BCUT2D eigenvalue weighted by Gasteiger charge is 2.39. The second-order valence-electron chi connectivity index (χ2n) is 13.8. The van der Waals surface area contributed by atoms with Gasteiger partial charge >= 0.3 is 11.9 Å². The number of esters is 2. The van der Waals surface area contributed by atoms with Crippen LogP contribution in [-0.2, 0) is 46.5 Å². The molecule has 0 bridgehead atoms. The van der Waals surface area contributed by atoms with Gasteiger partial charge in [0.2, 0.25) is 0 Å². The van der Waals surface area contributed by atoms with E-state index in [-0.39, 0.29) is 43.3 Å². The molecule has 0 aliphatic carbocycles. The number of aliphatic hydroxyl groups is 1. The molecule has 2 aliphatic heterocycles. The number of amides is 1. The van der Waals surface area contributed by atoms with Crippen LogP contribution in [0.15, 0.2) is 72.8 Å². The number of benzene rings is 3. The number of nitrogens with zero attached hydrogens (tertiary/aromatic N) is 1. The van der Waals surface area contributed by atoms with Gasteiger partial charge in [0, 0.05) is 32.0 Å². The van der Waals surface area contributed by atoms with Crippen LogP contribution in [0.25, 0.3) is 11.1 Å². The van der Waals surface area contributed by atoms with Gasteiger partial charge in [0.15, 0.2) is 12.4 Å². The first-order valence-electron chi connectivity index (χ1n) is 17.0. The van der Waals surface area contributed by atoms with Gasteiger partial charge in [-0.15, -0.1) is 0 Å². The lowest BCUT2D eigenvalue weighted by Gasteiger charge is -2.38. The molecule has 10 nitrogen and oxygen atoms in total. The van der Waals surface area contributed by atoms with E-state index in [1.165, 1.54) is 6.92 Å². The van der Waals surface area contributed by atoms with Crippen LogP contribution in [-0.4, -0.2) is 64.8 Å². The van der Waals surface area contributed by atoms with Crippen LogP contribution in [0.1, 0.15) is 88.5 Å². The summed E-state index contributed by atoms with van der Waals surface area (Å²) in [5, 5.41) is 12.4. The van der Waals surface area contributed by atoms with Crippen LogP contribution >= 0.6 is 0 Å². The second-order valence-corrected chi connectivity index (χ2v) is 13.8. The number of hydrogen-bond acceptors (Lipinski definition) is 9. The monoisotopic (exact) mass is 672 g/mol. The number of ether oxygens (including phenoxy) is 4. The zero-order chi connectivity index (χ0) is 35.1. The van der Waals surface area contributed by atoms with Crippen molar-refractivity contribution in [1.82, 2.24) is 10.2 Å². The van der Waals surface area contributed by atoms with Gasteiger partial charge in [0.05, 0.1) is 18.8 Å². The van der Waals surface area contributed by atoms with Crippen molar-refractivity contribution in [3.8, 4) is 11.1 Å². The van der Waals surface area contributed by atoms with Gasteiger partial charge in [-0.05, 0) is 74.9 Å². The summed E-state index contributed by atoms with van der Waals surface area (Å²) in [6, 6.07) is 23.3. The molecule has 2 N–H and O–H groups in total. The van der Waals surface area contributed by atoms with Crippen LogP contribution in [0.3, 0.4) is 0 Å². The van der Waals surface area contributed by atoms with Crippen LogP contribution in [0.2, 0.25) is 0 Å². The summed E-state index contributed by atoms with van der Waals surface area (Å²) in [5.74, 6) is -1.07. The Balaban J connectivity index is 1.33. The summed E-state index contributed by atoms with van der Waals surface area (Å²) >= 11 is 0. The highest BCUT2D eigenvalue weighted by Crippen LogP contribution is 2.39. The van der Waals surface area contributed by atoms with Gasteiger partial charge in [0.1, 0.15) is 11.6 Å². The highest BCUT2D eigenvalue weighted by molar-refractivity contribution is 5.83. The minimum atomic E-state index is -0.881. The van der Waals surface area contributed by atoms with Gasteiger partial charge in [-0.1, -0.05) is 72.8 Å². The quantitative estimate of drug-likeness (QED) is 0.245. The van der Waals surface area contributed by atoms with E-state index in [1.54, 1.807) is 6.92 Å². The molecule has 3 aromatic rings. The van der Waals surface area contributed by atoms with E-state index in [0.29, 0.717) is 13.0 Å². The third kappa shape index (κ3) is 9.76. The molecule has 0 unspecified atom stereocenters. The predicted molar refractivity (Wildman–Crippen MR) is 184 cm³/mol. The number of carbonyl (C=O) groups is 3. The van der Waals surface area contributed by atoms with Gasteiger partial charge in [0.25, 0.3) is 5.91 Å². The Labute approximate surface area is 288 Å². The van der Waals surface area contributed by atoms with Crippen molar-refractivity contribution in [3.63, 3.8) is 0 Å². The van der Waals surface area contributed by atoms with E-state index < -0.39 is 24.0 Å². The zero-order valence-corrected chi connectivity index (χ0v) is 29.0. The first-order valence-corrected chi connectivity index (χ1v) is 17.0. The van der Waals surface area contributed by atoms with Gasteiger partial charge < -0.3 is 29.4 Å². The van der Waals surface area contributed by atoms with Crippen molar-refractivity contribution < 1.29 is 38.4 Å². The van der Waals surface area contributed by atoms with Gasteiger partial charge in [-0.2, -0.15) is 0 Å². The molecule has 3 aromatic carbocycles. The van der Waals surface area contributed by atoms with Crippen LogP contribution < -0.4 is 5.32 Å². The lowest BCUT2D eigenvalue weighted by Crippen LogP contribution is -2.45. The van der Waals surface area contributed by atoms with Crippen LogP contribution in [0.5, 0.6) is 0 Å². The molecule has 5 rings (SSSR count). The van der Waals surface area contributed by atoms with Crippen molar-refractivity contribution in [1.29, 1.82) is 0 Å². The van der Waals surface area contributed by atoms with E-state index >= 15 is 0 Å². The van der Waals surface area contributed by atoms with E-state index in [0.717, 1.165) is 52.8 Å². The number of aliphatic hydroxyl groups excluding tert-OH is 1. The van der Waals surface area contributed by atoms with E-state index in [1.807, 2.05) is 93.6 Å². The molecule has 2 aliphatic rings. The summed E-state index contributed by atoms with van der Waals surface area (Å²) in [6.07, 6.45) is 0.301. The first kappa shape index (κ1) is 36.2. The Morgan fingerprint density at radius 2 is 1.67 bits per heavy atom. The van der Waals surface area contributed by atoms with Crippen molar-refractivity contribution in [3.05, 3.63) is 95.1 Å². The van der Waals surface area contributed by atoms with Gasteiger partial charge in [-0.25, -0.2) is 0 Å². The molecule has 10 heteroatoms.